The second-order valence-corrected chi connectivity index (χ2v) is 5.34. The van der Waals surface area contributed by atoms with Gasteiger partial charge in [-0.1, -0.05) is 13.8 Å². The maximum absolute atomic E-state index is 5.68. The van der Waals surface area contributed by atoms with E-state index in [0.29, 0.717) is 12.2 Å². The van der Waals surface area contributed by atoms with Crippen LogP contribution in [0, 0.1) is 11.8 Å². The summed E-state index contributed by atoms with van der Waals surface area (Å²) in [5.74, 6) is 1.80. The molecule has 0 radical (unpaired) electrons. The van der Waals surface area contributed by atoms with Crippen LogP contribution in [0.25, 0.3) is 0 Å². The Labute approximate surface area is 80.2 Å². The molecule has 0 N–H and O–H groups in total. The van der Waals surface area contributed by atoms with E-state index in [4.69, 9.17) is 4.74 Å². The van der Waals surface area contributed by atoms with Gasteiger partial charge in [0.1, 0.15) is 12.2 Å². The van der Waals surface area contributed by atoms with Gasteiger partial charge in [-0.25, -0.2) is 0 Å². The molecule has 0 saturated carbocycles. The number of rotatable bonds is 1. The highest BCUT2D eigenvalue weighted by atomic mass is 16.6. The first-order valence-corrected chi connectivity index (χ1v) is 5.56. The molecule has 2 nitrogen and oxygen atoms in total. The van der Waals surface area contributed by atoms with E-state index in [0.717, 1.165) is 23.9 Å². The lowest BCUT2D eigenvalue weighted by molar-refractivity contribution is 0.0355. The molecule has 3 aliphatic rings. The minimum atomic E-state index is 0.610. The summed E-state index contributed by atoms with van der Waals surface area (Å²) in [4.78, 5) is 2.57. The molecule has 3 heterocycles. The van der Waals surface area contributed by atoms with Gasteiger partial charge in [0, 0.05) is 12.1 Å². The lowest BCUT2D eigenvalue weighted by Gasteiger charge is -2.39. The number of morpholine rings is 1. The first-order chi connectivity index (χ1) is 6.18. The molecular formula is C11H19NO. The SMILES string of the molecule is CC(C)C1CC2C3OC3C(C1)N2C. The minimum Gasteiger partial charge on any atom is -0.366 e. The van der Waals surface area contributed by atoms with E-state index < -0.39 is 0 Å². The van der Waals surface area contributed by atoms with Crippen molar-refractivity contribution in [3.63, 3.8) is 0 Å². The van der Waals surface area contributed by atoms with Gasteiger partial charge in [0.2, 0.25) is 0 Å². The molecule has 3 fully saturated rings. The number of epoxide rings is 1. The fourth-order valence-corrected chi connectivity index (χ4v) is 3.33. The average Bonchev–Trinajstić information content (AvgIpc) is 2.77. The van der Waals surface area contributed by atoms with Gasteiger partial charge in [-0.05, 0) is 31.7 Å². The standard InChI is InChI=1S/C11H19NO/c1-6(2)7-4-8-10-11(13-10)9(5-7)12(8)3/h6-11H,4-5H2,1-3H3. The highest BCUT2D eigenvalue weighted by Crippen LogP contribution is 2.50. The topological polar surface area (TPSA) is 15.8 Å². The quantitative estimate of drug-likeness (QED) is 0.570. The van der Waals surface area contributed by atoms with Crippen molar-refractivity contribution in [3.05, 3.63) is 0 Å². The van der Waals surface area contributed by atoms with Gasteiger partial charge in [-0.2, -0.15) is 0 Å². The molecule has 0 amide bonds. The maximum Gasteiger partial charge on any atom is 0.101 e. The van der Waals surface area contributed by atoms with Crippen LogP contribution in [0.4, 0.5) is 0 Å². The Morgan fingerprint density at radius 2 is 1.69 bits per heavy atom. The fraction of sp³-hybridized carbons (Fsp3) is 1.00. The normalized spacial score (nSPS) is 54.0. The molecule has 4 unspecified atom stereocenters. The van der Waals surface area contributed by atoms with Crippen LogP contribution in [0.1, 0.15) is 26.7 Å². The van der Waals surface area contributed by atoms with Crippen LogP contribution in [-0.2, 0) is 4.74 Å². The first kappa shape index (κ1) is 8.25. The Morgan fingerprint density at radius 1 is 1.15 bits per heavy atom. The van der Waals surface area contributed by atoms with Crippen molar-refractivity contribution in [2.24, 2.45) is 11.8 Å². The van der Waals surface area contributed by atoms with Crippen molar-refractivity contribution in [3.8, 4) is 0 Å². The molecule has 0 aliphatic carbocycles. The van der Waals surface area contributed by atoms with E-state index >= 15 is 0 Å². The van der Waals surface area contributed by atoms with Gasteiger partial charge < -0.3 is 4.74 Å². The summed E-state index contributed by atoms with van der Waals surface area (Å²) < 4.78 is 5.68. The molecule has 0 aromatic rings. The molecule has 2 bridgehead atoms. The molecule has 13 heavy (non-hydrogen) atoms. The first-order valence-electron chi connectivity index (χ1n) is 5.56. The zero-order valence-electron chi connectivity index (χ0n) is 8.73. The van der Waals surface area contributed by atoms with Gasteiger partial charge in [-0.3, -0.25) is 4.90 Å². The number of hydrogen-bond donors (Lipinski definition) is 0. The van der Waals surface area contributed by atoms with Crippen molar-refractivity contribution < 1.29 is 4.74 Å². The fourth-order valence-electron chi connectivity index (χ4n) is 3.33. The average molecular weight is 181 g/mol. The Bertz CT molecular complexity index is 210. The smallest absolute Gasteiger partial charge is 0.101 e. The van der Waals surface area contributed by atoms with E-state index in [9.17, 15) is 0 Å². The number of piperidine rings is 1. The lowest BCUT2D eigenvalue weighted by Crippen LogP contribution is -2.45. The maximum atomic E-state index is 5.68. The predicted octanol–water partition coefficient (Wildman–Crippen LogP) is 1.50. The number of ether oxygens (including phenoxy) is 1. The van der Waals surface area contributed by atoms with E-state index in [2.05, 4.69) is 25.8 Å². The third-order valence-electron chi connectivity index (χ3n) is 4.40. The van der Waals surface area contributed by atoms with Gasteiger partial charge in [-0.15, -0.1) is 0 Å². The van der Waals surface area contributed by atoms with Crippen LogP contribution in [0.15, 0.2) is 0 Å². The summed E-state index contributed by atoms with van der Waals surface area (Å²) in [7, 11) is 2.28. The molecule has 0 aromatic carbocycles. The van der Waals surface area contributed by atoms with Gasteiger partial charge >= 0.3 is 0 Å². The predicted molar refractivity (Wildman–Crippen MR) is 51.6 cm³/mol. The Morgan fingerprint density at radius 3 is 2.15 bits per heavy atom. The number of likely N-dealkylation sites (N-methyl/N-ethyl adjacent to an activating group) is 1. The largest absolute Gasteiger partial charge is 0.366 e. The van der Waals surface area contributed by atoms with Crippen molar-refractivity contribution in [2.45, 2.75) is 51.0 Å². The van der Waals surface area contributed by atoms with Crippen LogP contribution < -0.4 is 0 Å². The van der Waals surface area contributed by atoms with Crippen LogP contribution in [-0.4, -0.2) is 36.2 Å². The summed E-state index contributed by atoms with van der Waals surface area (Å²) >= 11 is 0. The van der Waals surface area contributed by atoms with Gasteiger partial charge in [0.25, 0.3) is 0 Å². The molecule has 2 heteroatoms. The van der Waals surface area contributed by atoms with E-state index in [1.807, 2.05) is 0 Å². The highest BCUT2D eigenvalue weighted by Gasteiger charge is 2.62. The highest BCUT2D eigenvalue weighted by molar-refractivity contribution is 5.13. The van der Waals surface area contributed by atoms with Crippen molar-refractivity contribution in [1.82, 2.24) is 4.90 Å². The summed E-state index contributed by atoms with van der Waals surface area (Å²) in [6.45, 7) is 4.73. The van der Waals surface area contributed by atoms with Crippen molar-refractivity contribution in [1.29, 1.82) is 0 Å². The zero-order chi connectivity index (χ0) is 9.16. The van der Waals surface area contributed by atoms with Crippen LogP contribution >= 0.6 is 0 Å². The molecule has 4 atom stereocenters. The molecule has 74 valence electrons. The van der Waals surface area contributed by atoms with E-state index in [1.165, 1.54) is 12.8 Å². The monoisotopic (exact) mass is 181 g/mol. The second kappa shape index (κ2) is 2.48. The van der Waals surface area contributed by atoms with Gasteiger partial charge in [0.15, 0.2) is 0 Å². The molecule has 3 aliphatic heterocycles. The molecular weight excluding hydrogens is 162 g/mol. The minimum absolute atomic E-state index is 0.610. The van der Waals surface area contributed by atoms with E-state index in [1.54, 1.807) is 0 Å². The lowest BCUT2D eigenvalue weighted by atomic mass is 9.82. The van der Waals surface area contributed by atoms with Crippen LogP contribution in [0.2, 0.25) is 0 Å². The Kier molecular flexibility index (Phi) is 1.58. The summed E-state index contributed by atoms with van der Waals surface area (Å²) in [6, 6.07) is 1.49. The molecule has 3 saturated heterocycles. The third kappa shape index (κ3) is 1.02. The second-order valence-electron chi connectivity index (χ2n) is 5.34. The van der Waals surface area contributed by atoms with E-state index in [-0.39, 0.29) is 0 Å². The molecule has 0 spiro atoms. The Balaban J connectivity index is 1.79. The van der Waals surface area contributed by atoms with Crippen molar-refractivity contribution >= 4 is 0 Å². The number of hydrogen-bond acceptors (Lipinski definition) is 2. The summed E-state index contributed by atoms with van der Waals surface area (Å²) in [6.07, 6.45) is 3.95. The third-order valence-corrected chi connectivity index (χ3v) is 4.40. The Hall–Kier alpha value is -0.0800. The van der Waals surface area contributed by atoms with Gasteiger partial charge in [0.05, 0.1) is 0 Å². The zero-order valence-corrected chi connectivity index (χ0v) is 8.73. The number of nitrogens with zero attached hydrogens (tertiary/aromatic N) is 1. The molecule has 0 aromatic heterocycles. The number of fused-ring (bicyclic) bond motifs is 5. The van der Waals surface area contributed by atoms with Crippen LogP contribution in [0.3, 0.4) is 0 Å². The van der Waals surface area contributed by atoms with Crippen LogP contribution in [0.5, 0.6) is 0 Å². The van der Waals surface area contributed by atoms with Crippen molar-refractivity contribution in [2.75, 3.05) is 7.05 Å². The summed E-state index contributed by atoms with van der Waals surface area (Å²) in [5, 5.41) is 0. The molecule has 3 rings (SSSR count). The summed E-state index contributed by atoms with van der Waals surface area (Å²) in [5.41, 5.74) is 0.